The van der Waals surface area contributed by atoms with Gasteiger partial charge in [-0.05, 0) is 56.6 Å². The van der Waals surface area contributed by atoms with Gasteiger partial charge in [0, 0.05) is 37.2 Å². The van der Waals surface area contributed by atoms with Gasteiger partial charge in [0.2, 0.25) is 11.8 Å². The maximum atomic E-state index is 13.0. The summed E-state index contributed by atoms with van der Waals surface area (Å²) in [7, 11) is 0. The van der Waals surface area contributed by atoms with E-state index in [9.17, 15) is 9.59 Å². The van der Waals surface area contributed by atoms with Gasteiger partial charge >= 0.3 is 0 Å². The van der Waals surface area contributed by atoms with E-state index in [4.69, 9.17) is 0 Å². The van der Waals surface area contributed by atoms with Gasteiger partial charge in [-0.25, -0.2) is 0 Å². The fourth-order valence-electron chi connectivity index (χ4n) is 4.92. The molecule has 2 fully saturated rings. The van der Waals surface area contributed by atoms with E-state index in [0.29, 0.717) is 5.91 Å². The summed E-state index contributed by atoms with van der Waals surface area (Å²) >= 11 is 0. The molecule has 0 aromatic heterocycles. The Labute approximate surface area is 156 Å². The van der Waals surface area contributed by atoms with E-state index in [-0.39, 0.29) is 17.7 Å². The molecule has 0 N–H and O–H groups in total. The first-order valence-electron chi connectivity index (χ1n) is 10.4. The summed E-state index contributed by atoms with van der Waals surface area (Å²) in [4.78, 5) is 29.9. The third kappa shape index (κ3) is 3.51. The number of fused-ring (bicyclic) bond motifs is 1. The number of anilines is 1. The largest absolute Gasteiger partial charge is 0.342 e. The molecule has 3 aliphatic rings. The molecular weight excluding hydrogens is 324 g/mol. The summed E-state index contributed by atoms with van der Waals surface area (Å²) in [5, 5.41) is 0. The van der Waals surface area contributed by atoms with Gasteiger partial charge in [0.25, 0.3) is 0 Å². The first kappa shape index (κ1) is 17.6. The fourth-order valence-corrected chi connectivity index (χ4v) is 4.92. The van der Waals surface area contributed by atoms with Crippen LogP contribution in [0.15, 0.2) is 24.3 Å². The molecule has 1 saturated carbocycles. The number of carbonyl (C=O) groups excluding carboxylic acids is 2. The summed E-state index contributed by atoms with van der Waals surface area (Å²) < 4.78 is 0. The second kappa shape index (κ2) is 7.81. The number of hydrogen-bond donors (Lipinski definition) is 0. The first-order valence-corrected chi connectivity index (χ1v) is 10.4. The van der Waals surface area contributed by atoms with Crippen LogP contribution < -0.4 is 4.90 Å². The van der Waals surface area contributed by atoms with Crippen molar-refractivity contribution in [2.24, 2.45) is 11.8 Å². The predicted molar refractivity (Wildman–Crippen MR) is 103 cm³/mol. The van der Waals surface area contributed by atoms with Gasteiger partial charge in [-0.2, -0.15) is 0 Å². The van der Waals surface area contributed by atoms with Gasteiger partial charge < -0.3 is 9.80 Å². The van der Waals surface area contributed by atoms with Crippen molar-refractivity contribution < 1.29 is 9.59 Å². The van der Waals surface area contributed by atoms with Gasteiger partial charge in [-0.3, -0.25) is 9.59 Å². The average molecular weight is 354 g/mol. The lowest BCUT2D eigenvalue weighted by molar-refractivity contribution is -0.138. The number of benzene rings is 1. The Morgan fingerprint density at radius 1 is 0.769 bits per heavy atom. The molecule has 4 heteroatoms. The van der Waals surface area contributed by atoms with Crippen LogP contribution in [-0.4, -0.2) is 36.3 Å². The van der Waals surface area contributed by atoms with Crippen molar-refractivity contribution in [3.05, 3.63) is 29.8 Å². The highest BCUT2D eigenvalue weighted by Gasteiger charge is 2.35. The van der Waals surface area contributed by atoms with Crippen LogP contribution in [0, 0.1) is 11.8 Å². The average Bonchev–Trinajstić information content (AvgIpc) is 2.93. The lowest BCUT2D eigenvalue weighted by Gasteiger charge is -2.33. The third-order valence-corrected chi connectivity index (χ3v) is 6.50. The van der Waals surface area contributed by atoms with Crippen LogP contribution in [-0.2, 0) is 16.0 Å². The molecule has 2 aliphatic heterocycles. The summed E-state index contributed by atoms with van der Waals surface area (Å²) in [6, 6.07) is 8.25. The van der Waals surface area contributed by atoms with Crippen LogP contribution in [0.5, 0.6) is 0 Å². The van der Waals surface area contributed by atoms with E-state index in [0.717, 1.165) is 70.3 Å². The zero-order valence-electron chi connectivity index (χ0n) is 15.7. The first-order chi connectivity index (χ1) is 12.7. The summed E-state index contributed by atoms with van der Waals surface area (Å²) in [5.74, 6) is 0.859. The SMILES string of the molecule is O=C(C1CCC(C(=O)N2CCc3ccccc32)CC1)N1CCCCCC1. The highest BCUT2D eigenvalue weighted by atomic mass is 16.2. The van der Waals surface area contributed by atoms with Crippen molar-refractivity contribution in [1.82, 2.24) is 4.90 Å². The van der Waals surface area contributed by atoms with Gasteiger partial charge in [0.15, 0.2) is 0 Å². The number of nitrogens with zero attached hydrogens (tertiary/aromatic N) is 2. The Balaban J connectivity index is 1.33. The van der Waals surface area contributed by atoms with Crippen LogP contribution >= 0.6 is 0 Å². The molecule has 2 amide bonds. The Kier molecular flexibility index (Phi) is 5.28. The minimum Gasteiger partial charge on any atom is -0.342 e. The van der Waals surface area contributed by atoms with E-state index < -0.39 is 0 Å². The molecule has 2 heterocycles. The van der Waals surface area contributed by atoms with E-state index in [1.165, 1.54) is 18.4 Å². The lowest BCUT2D eigenvalue weighted by atomic mass is 9.80. The highest BCUT2D eigenvalue weighted by molar-refractivity contribution is 5.97. The van der Waals surface area contributed by atoms with Crippen LogP contribution in [0.2, 0.25) is 0 Å². The number of para-hydroxylation sites is 1. The van der Waals surface area contributed by atoms with E-state index in [1.54, 1.807) is 0 Å². The Bertz CT molecular complexity index is 656. The molecule has 0 spiro atoms. The topological polar surface area (TPSA) is 40.6 Å². The summed E-state index contributed by atoms with van der Waals surface area (Å²) in [5.41, 5.74) is 2.38. The van der Waals surface area contributed by atoms with Crippen molar-refractivity contribution in [3.8, 4) is 0 Å². The standard InChI is InChI=1S/C22H30N2O2/c25-21(23-14-5-1-2-6-15-23)18-9-11-19(12-10-18)22(26)24-16-13-17-7-3-4-8-20(17)24/h3-4,7-8,18-19H,1-2,5-6,9-16H2. The van der Waals surface area contributed by atoms with Crippen LogP contribution in [0.1, 0.15) is 56.9 Å². The molecule has 4 nitrogen and oxygen atoms in total. The molecule has 0 radical (unpaired) electrons. The van der Waals surface area contributed by atoms with Crippen LogP contribution in [0.4, 0.5) is 5.69 Å². The van der Waals surface area contributed by atoms with Gasteiger partial charge in [-0.1, -0.05) is 31.0 Å². The Morgan fingerprint density at radius 2 is 1.38 bits per heavy atom. The molecule has 26 heavy (non-hydrogen) atoms. The number of rotatable bonds is 2. The molecule has 1 aromatic carbocycles. The Morgan fingerprint density at radius 3 is 2.08 bits per heavy atom. The maximum absolute atomic E-state index is 13.0. The molecular formula is C22H30N2O2. The van der Waals surface area contributed by atoms with Crippen molar-refractivity contribution in [3.63, 3.8) is 0 Å². The number of amides is 2. The monoisotopic (exact) mass is 354 g/mol. The summed E-state index contributed by atoms with van der Waals surface area (Å²) in [6.07, 6.45) is 9.24. The zero-order valence-corrected chi connectivity index (χ0v) is 15.7. The quantitative estimate of drug-likeness (QED) is 0.811. The third-order valence-electron chi connectivity index (χ3n) is 6.50. The highest BCUT2D eigenvalue weighted by Crippen LogP contribution is 2.35. The van der Waals surface area contributed by atoms with Gasteiger partial charge in [0.1, 0.15) is 0 Å². The molecule has 4 rings (SSSR count). The zero-order chi connectivity index (χ0) is 17.9. The minimum atomic E-state index is 0.0920. The van der Waals surface area contributed by atoms with E-state index in [1.807, 2.05) is 17.0 Å². The lowest BCUT2D eigenvalue weighted by Crippen LogP contribution is -2.41. The molecule has 1 saturated heterocycles. The normalized spacial score (nSPS) is 26.3. The summed E-state index contributed by atoms with van der Waals surface area (Å²) in [6.45, 7) is 2.68. The van der Waals surface area contributed by atoms with Crippen molar-refractivity contribution in [2.75, 3.05) is 24.5 Å². The second-order valence-electron chi connectivity index (χ2n) is 8.16. The maximum Gasteiger partial charge on any atom is 0.230 e. The molecule has 140 valence electrons. The van der Waals surface area contributed by atoms with Crippen molar-refractivity contribution >= 4 is 17.5 Å². The van der Waals surface area contributed by atoms with Gasteiger partial charge in [-0.15, -0.1) is 0 Å². The molecule has 0 atom stereocenters. The molecule has 1 aromatic rings. The van der Waals surface area contributed by atoms with Crippen LogP contribution in [0.3, 0.4) is 0 Å². The predicted octanol–water partition coefficient (Wildman–Crippen LogP) is 3.78. The number of hydrogen-bond acceptors (Lipinski definition) is 2. The van der Waals surface area contributed by atoms with E-state index in [2.05, 4.69) is 17.0 Å². The number of likely N-dealkylation sites (tertiary alicyclic amines) is 1. The molecule has 0 unspecified atom stereocenters. The Hall–Kier alpha value is -1.84. The van der Waals surface area contributed by atoms with Crippen molar-refractivity contribution in [2.45, 2.75) is 57.8 Å². The van der Waals surface area contributed by atoms with E-state index >= 15 is 0 Å². The molecule has 1 aliphatic carbocycles. The fraction of sp³-hybridized carbons (Fsp3) is 0.636. The second-order valence-corrected chi connectivity index (χ2v) is 8.16. The molecule has 0 bridgehead atoms. The minimum absolute atomic E-state index is 0.0920. The number of carbonyl (C=O) groups is 2. The van der Waals surface area contributed by atoms with Gasteiger partial charge in [0.05, 0.1) is 0 Å². The van der Waals surface area contributed by atoms with Crippen LogP contribution in [0.25, 0.3) is 0 Å². The smallest absolute Gasteiger partial charge is 0.230 e. The van der Waals surface area contributed by atoms with Crippen molar-refractivity contribution in [1.29, 1.82) is 0 Å².